The average molecular weight is 514 g/mol. The number of carbonyl (C=O) groups excluding carboxylic acids is 1. The summed E-state index contributed by atoms with van der Waals surface area (Å²) in [4.78, 5) is 13.2. The van der Waals surface area contributed by atoms with Gasteiger partial charge in [0.05, 0.1) is 29.3 Å². The number of carbonyl (C=O) groups is 1. The van der Waals surface area contributed by atoms with E-state index in [2.05, 4.69) is 26.3 Å². The standard InChI is InChI=1S/C26H20BrN5O2/c27-20-11-13-23(14-12-20)34-18-31-16-21(15-28-31)29-26(33)24-17-32(22-9-5-2-6-10-22)30-25(24)19-7-3-1-4-8-19/h1-17H,18H2,(H,29,33). The zero-order valence-corrected chi connectivity index (χ0v) is 19.6. The molecule has 0 unspecified atom stereocenters. The summed E-state index contributed by atoms with van der Waals surface area (Å²) in [6.45, 7) is 0.221. The molecule has 0 bridgehead atoms. The van der Waals surface area contributed by atoms with Gasteiger partial charge in [0.2, 0.25) is 0 Å². The first kappa shape index (κ1) is 21.7. The molecular weight excluding hydrogens is 494 g/mol. The highest BCUT2D eigenvalue weighted by molar-refractivity contribution is 9.10. The van der Waals surface area contributed by atoms with Crippen molar-refractivity contribution < 1.29 is 9.53 Å². The Morgan fingerprint density at radius 2 is 1.62 bits per heavy atom. The maximum atomic E-state index is 13.2. The lowest BCUT2D eigenvalue weighted by atomic mass is 10.1. The molecule has 168 valence electrons. The van der Waals surface area contributed by atoms with E-state index in [4.69, 9.17) is 9.84 Å². The van der Waals surface area contributed by atoms with Gasteiger partial charge in [0.1, 0.15) is 11.4 Å². The Hall–Kier alpha value is -4.17. The van der Waals surface area contributed by atoms with Crippen LogP contribution < -0.4 is 10.1 Å². The summed E-state index contributed by atoms with van der Waals surface area (Å²) in [7, 11) is 0. The molecular formula is C26H20BrN5O2. The molecule has 0 saturated carbocycles. The third kappa shape index (κ3) is 4.92. The predicted octanol–water partition coefficient (Wildman–Crippen LogP) is 5.79. The smallest absolute Gasteiger partial charge is 0.259 e. The minimum absolute atomic E-state index is 0.221. The first-order chi connectivity index (χ1) is 16.7. The minimum Gasteiger partial charge on any atom is -0.471 e. The molecule has 3 aromatic carbocycles. The Balaban J connectivity index is 1.35. The van der Waals surface area contributed by atoms with E-state index in [-0.39, 0.29) is 12.6 Å². The highest BCUT2D eigenvalue weighted by Crippen LogP contribution is 2.25. The van der Waals surface area contributed by atoms with Gasteiger partial charge in [-0.05, 0) is 36.4 Å². The van der Waals surface area contributed by atoms with Crippen LogP contribution in [0.1, 0.15) is 10.4 Å². The van der Waals surface area contributed by atoms with Gasteiger partial charge in [-0.2, -0.15) is 10.2 Å². The van der Waals surface area contributed by atoms with Crippen LogP contribution in [0.3, 0.4) is 0 Å². The number of rotatable bonds is 7. The fourth-order valence-corrected chi connectivity index (χ4v) is 3.70. The van der Waals surface area contributed by atoms with Crippen LogP contribution in [0.4, 0.5) is 5.69 Å². The molecule has 1 amide bonds. The van der Waals surface area contributed by atoms with Crippen LogP contribution >= 0.6 is 15.9 Å². The van der Waals surface area contributed by atoms with Gasteiger partial charge in [0.25, 0.3) is 5.91 Å². The van der Waals surface area contributed by atoms with Gasteiger partial charge in [-0.1, -0.05) is 64.5 Å². The van der Waals surface area contributed by atoms with Gasteiger partial charge in [-0.15, -0.1) is 0 Å². The van der Waals surface area contributed by atoms with Gasteiger partial charge in [0.15, 0.2) is 6.73 Å². The van der Waals surface area contributed by atoms with Crippen LogP contribution in [0.5, 0.6) is 5.75 Å². The minimum atomic E-state index is -0.269. The van der Waals surface area contributed by atoms with Crippen molar-refractivity contribution in [2.24, 2.45) is 0 Å². The predicted molar refractivity (Wildman–Crippen MR) is 134 cm³/mol. The summed E-state index contributed by atoms with van der Waals surface area (Å²) in [5, 5.41) is 11.9. The maximum Gasteiger partial charge on any atom is 0.259 e. The summed E-state index contributed by atoms with van der Waals surface area (Å²) < 4.78 is 10.0. The Morgan fingerprint density at radius 3 is 2.35 bits per heavy atom. The van der Waals surface area contributed by atoms with Crippen LogP contribution in [0.15, 0.2) is 108 Å². The summed E-state index contributed by atoms with van der Waals surface area (Å²) in [6, 6.07) is 26.9. The number of halogens is 1. The summed E-state index contributed by atoms with van der Waals surface area (Å²) >= 11 is 3.40. The highest BCUT2D eigenvalue weighted by Gasteiger charge is 2.19. The van der Waals surface area contributed by atoms with Crippen molar-refractivity contribution in [3.8, 4) is 22.7 Å². The topological polar surface area (TPSA) is 74.0 Å². The van der Waals surface area contributed by atoms with Gasteiger partial charge < -0.3 is 10.1 Å². The SMILES string of the molecule is O=C(Nc1cnn(COc2ccc(Br)cc2)c1)c1cn(-c2ccccc2)nc1-c1ccccc1. The third-order valence-corrected chi connectivity index (χ3v) is 5.62. The molecule has 8 heteroatoms. The number of anilines is 1. The first-order valence-electron chi connectivity index (χ1n) is 10.6. The Morgan fingerprint density at radius 1 is 0.912 bits per heavy atom. The molecule has 5 rings (SSSR count). The lowest BCUT2D eigenvalue weighted by Gasteiger charge is -2.06. The molecule has 2 aromatic heterocycles. The fraction of sp³-hybridized carbons (Fsp3) is 0.0385. The largest absolute Gasteiger partial charge is 0.471 e. The first-order valence-corrected chi connectivity index (χ1v) is 11.4. The van der Waals surface area contributed by atoms with Crippen molar-refractivity contribution >= 4 is 27.5 Å². The van der Waals surface area contributed by atoms with Gasteiger partial charge in [-0.3, -0.25) is 4.79 Å². The third-order valence-electron chi connectivity index (χ3n) is 5.10. The number of hydrogen-bond donors (Lipinski definition) is 1. The van der Waals surface area contributed by atoms with Crippen molar-refractivity contribution in [1.29, 1.82) is 0 Å². The van der Waals surface area contributed by atoms with E-state index in [0.29, 0.717) is 16.9 Å². The molecule has 0 saturated heterocycles. The second-order valence-corrected chi connectivity index (χ2v) is 8.40. The zero-order valence-electron chi connectivity index (χ0n) is 18.0. The van der Waals surface area contributed by atoms with Gasteiger partial charge >= 0.3 is 0 Å². The summed E-state index contributed by atoms with van der Waals surface area (Å²) in [5.41, 5.74) is 3.37. The fourth-order valence-electron chi connectivity index (χ4n) is 3.43. The lowest BCUT2D eigenvalue weighted by Crippen LogP contribution is -2.12. The second-order valence-electron chi connectivity index (χ2n) is 7.49. The van der Waals surface area contributed by atoms with E-state index in [1.54, 1.807) is 28.0 Å². The van der Waals surface area contributed by atoms with E-state index in [9.17, 15) is 4.79 Å². The lowest BCUT2D eigenvalue weighted by molar-refractivity contribution is 0.102. The molecule has 0 spiro atoms. The van der Waals surface area contributed by atoms with Crippen molar-refractivity contribution in [2.45, 2.75) is 6.73 Å². The van der Waals surface area contributed by atoms with Crippen LogP contribution in [0.25, 0.3) is 16.9 Å². The molecule has 5 aromatic rings. The molecule has 7 nitrogen and oxygen atoms in total. The molecule has 0 radical (unpaired) electrons. The Kier molecular flexibility index (Phi) is 6.22. The van der Waals surface area contributed by atoms with E-state index in [1.165, 1.54) is 0 Å². The number of para-hydroxylation sites is 1. The van der Waals surface area contributed by atoms with Gasteiger partial charge in [-0.25, -0.2) is 9.36 Å². The van der Waals surface area contributed by atoms with Crippen LogP contribution in [0.2, 0.25) is 0 Å². The molecule has 0 aliphatic carbocycles. The van der Waals surface area contributed by atoms with E-state index in [0.717, 1.165) is 21.5 Å². The number of ether oxygens (including phenoxy) is 1. The number of aromatic nitrogens is 4. The van der Waals surface area contributed by atoms with Crippen LogP contribution in [0, 0.1) is 0 Å². The average Bonchev–Trinajstić information content (AvgIpc) is 3.52. The molecule has 0 aliphatic heterocycles. The molecule has 0 fully saturated rings. The van der Waals surface area contributed by atoms with E-state index in [1.807, 2.05) is 84.9 Å². The van der Waals surface area contributed by atoms with Crippen molar-refractivity contribution in [3.63, 3.8) is 0 Å². The summed E-state index contributed by atoms with van der Waals surface area (Å²) in [6.07, 6.45) is 5.06. The zero-order chi connectivity index (χ0) is 23.3. The Labute approximate surface area is 204 Å². The molecule has 34 heavy (non-hydrogen) atoms. The molecule has 1 N–H and O–H groups in total. The molecule has 0 aliphatic rings. The van der Waals surface area contributed by atoms with E-state index < -0.39 is 0 Å². The maximum absolute atomic E-state index is 13.2. The second kappa shape index (κ2) is 9.76. The highest BCUT2D eigenvalue weighted by atomic mass is 79.9. The molecule has 0 atom stereocenters. The molecule has 2 heterocycles. The normalized spacial score (nSPS) is 10.7. The van der Waals surface area contributed by atoms with Crippen molar-refractivity contribution in [1.82, 2.24) is 19.6 Å². The van der Waals surface area contributed by atoms with Crippen molar-refractivity contribution in [2.75, 3.05) is 5.32 Å². The Bertz CT molecular complexity index is 1400. The van der Waals surface area contributed by atoms with Crippen LogP contribution in [-0.2, 0) is 6.73 Å². The monoisotopic (exact) mass is 513 g/mol. The number of amides is 1. The van der Waals surface area contributed by atoms with Crippen LogP contribution in [-0.4, -0.2) is 25.5 Å². The van der Waals surface area contributed by atoms with Gasteiger partial charge in [0, 0.05) is 16.2 Å². The quantitative estimate of drug-likeness (QED) is 0.299. The van der Waals surface area contributed by atoms with Crippen molar-refractivity contribution in [3.05, 3.63) is 114 Å². The number of hydrogen-bond acceptors (Lipinski definition) is 4. The number of benzene rings is 3. The summed E-state index contributed by atoms with van der Waals surface area (Å²) in [5.74, 6) is 0.458. The number of nitrogens with zero attached hydrogens (tertiary/aromatic N) is 4. The van der Waals surface area contributed by atoms with E-state index >= 15 is 0 Å². The number of nitrogens with one attached hydrogen (secondary N) is 1.